The molecule has 26 heavy (non-hydrogen) atoms. The maximum Gasteiger partial charge on any atom is 0.317 e. The summed E-state index contributed by atoms with van der Waals surface area (Å²) in [7, 11) is 0. The molecule has 0 aromatic heterocycles. The van der Waals surface area contributed by atoms with E-state index in [1.165, 1.54) is 11.8 Å². The molecule has 0 radical (unpaired) electrons. The number of halogens is 1. The van der Waals surface area contributed by atoms with Crippen LogP contribution in [0.25, 0.3) is 0 Å². The predicted octanol–water partition coefficient (Wildman–Crippen LogP) is 4.14. The maximum atomic E-state index is 12.5. The van der Waals surface area contributed by atoms with E-state index < -0.39 is 12.1 Å². The number of hydrogen-bond acceptors (Lipinski definition) is 4. The molecule has 1 fully saturated rings. The Kier molecular flexibility index (Phi) is 6.58. The van der Waals surface area contributed by atoms with Gasteiger partial charge in [-0.3, -0.25) is 9.59 Å². The molecule has 136 valence electrons. The molecule has 4 nitrogen and oxygen atoms in total. The number of rotatable bonds is 8. The standard InChI is InChI=1S/C20H20ClNO3S/c21-17-9-5-4-8-15(17)12-26-13-18(23)25-19(14-6-2-1-3-7-14)20(24)22-16-10-11-16/h1-9,16,19H,10-13H2,(H,22,24)/t19-/m0/s1. The molecule has 3 rings (SSSR count). The van der Waals surface area contributed by atoms with Crippen LogP contribution in [0.3, 0.4) is 0 Å². The molecule has 0 unspecified atom stereocenters. The molecule has 0 aliphatic heterocycles. The molecule has 0 saturated heterocycles. The lowest BCUT2D eigenvalue weighted by Gasteiger charge is -2.18. The molecule has 0 bridgehead atoms. The minimum atomic E-state index is -0.912. The highest BCUT2D eigenvalue weighted by Crippen LogP contribution is 2.25. The quantitative estimate of drug-likeness (QED) is 0.689. The molecule has 2 aromatic carbocycles. The molecule has 1 amide bonds. The predicted molar refractivity (Wildman–Crippen MR) is 104 cm³/mol. The van der Waals surface area contributed by atoms with Crippen LogP contribution in [0.4, 0.5) is 0 Å². The van der Waals surface area contributed by atoms with Crippen molar-refractivity contribution >= 4 is 35.2 Å². The molecule has 1 N–H and O–H groups in total. The van der Waals surface area contributed by atoms with Gasteiger partial charge < -0.3 is 10.1 Å². The Bertz CT molecular complexity index is 765. The minimum absolute atomic E-state index is 0.158. The van der Waals surface area contributed by atoms with E-state index in [1.807, 2.05) is 42.5 Å². The molecule has 0 spiro atoms. The highest BCUT2D eigenvalue weighted by atomic mass is 35.5. The first-order valence-electron chi connectivity index (χ1n) is 8.49. The number of benzene rings is 2. The fourth-order valence-corrected chi connectivity index (χ4v) is 3.52. The fraction of sp³-hybridized carbons (Fsp3) is 0.300. The van der Waals surface area contributed by atoms with Crippen molar-refractivity contribution in [2.75, 3.05) is 5.75 Å². The molecule has 1 aliphatic rings. The summed E-state index contributed by atoms with van der Waals surface area (Å²) in [6.45, 7) is 0. The number of ether oxygens (including phenoxy) is 1. The second kappa shape index (κ2) is 9.10. The highest BCUT2D eigenvalue weighted by molar-refractivity contribution is 7.99. The Morgan fingerprint density at radius 1 is 1.12 bits per heavy atom. The third-order valence-corrected chi connectivity index (χ3v) is 5.27. The minimum Gasteiger partial charge on any atom is -0.447 e. The van der Waals surface area contributed by atoms with Crippen LogP contribution in [-0.4, -0.2) is 23.7 Å². The monoisotopic (exact) mass is 389 g/mol. The van der Waals surface area contributed by atoms with Crippen molar-refractivity contribution in [1.82, 2.24) is 5.32 Å². The maximum absolute atomic E-state index is 12.5. The van der Waals surface area contributed by atoms with Crippen LogP contribution >= 0.6 is 23.4 Å². The van der Waals surface area contributed by atoms with Crippen LogP contribution in [0.1, 0.15) is 30.1 Å². The second-order valence-electron chi connectivity index (χ2n) is 6.15. The second-order valence-corrected chi connectivity index (χ2v) is 7.54. The van der Waals surface area contributed by atoms with Gasteiger partial charge in [-0.05, 0) is 24.5 Å². The van der Waals surface area contributed by atoms with Crippen LogP contribution in [0.15, 0.2) is 54.6 Å². The Balaban J connectivity index is 1.56. The largest absolute Gasteiger partial charge is 0.447 e. The third kappa shape index (κ3) is 5.51. The Morgan fingerprint density at radius 2 is 1.81 bits per heavy atom. The van der Waals surface area contributed by atoms with Gasteiger partial charge in [-0.15, -0.1) is 11.8 Å². The Morgan fingerprint density at radius 3 is 2.50 bits per heavy atom. The normalized spacial score (nSPS) is 14.5. The van der Waals surface area contributed by atoms with Crippen LogP contribution in [0, 0.1) is 0 Å². The number of carbonyl (C=O) groups is 2. The van der Waals surface area contributed by atoms with Crippen molar-refractivity contribution in [3.05, 3.63) is 70.7 Å². The topological polar surface area (TPSA) is 55.4 Å². The van der Waals surface area contributed by atoms with Gasteiger partial charge in [0, 0.05) is 22.4 Å². The molecule has 6 heteroatoms. The van der Waals surface area contributed by atoms with Crippen LogP contribution in [0.2, 0.25) is 5.02 Å². The van der Waals surface area contributed by atoms with Gasteiger partial charge in [0.25, 0.3) is 5.91 Å². The van der Waals surface area contributed by atoms with Crippen molar-refractivity contribution < 1.29 is 14.3 Å². The lowest BCUT2D eigenvalue weighted by atomic mass is 10.1. The molecular formula is C20H20ClNO3S. The number of amides is 1. The van der Waals surface area contributed by atoms with E-state index in [0.717, 1.165) is 18.4 Å². The Hall–Kier alpha value is -1.98. The number of esters is 1. The van der Waals surface area contributed by atoms with Crippen molar-refractivity contribution in [2.24, 2.45) is 0 Å². The van der Waals surface area contributed by atoms with E-state index in [4.69, 9.17) is 16.3 Å². The zero-order chi connectivity index (χ0) is 18.4. The summed E-state index contributed by atoms with van der Waals surface area (Å²) in [6, 6.07) is 16.8. The molecule has 1 atom stereocenters. The average Bonchev–Trinajstić information content (AvgIpc) is 3.46. The Labute approximate surface area is 162 Å². The van der Waals surface area contributed by atoms with E-state index >= 15 is 0 Å². The smallest absolute Gasteiger partial charge is 0.317 e. The SMILES string of the molecule is O=C(CSCc1ccccc1Cl)O[C@H](C(=O)NC1CC1)c1ccccc1. The molecule has 0 heterocycles. The van der Waals surface area contributed by atoms with Gasteiger partial charge in [-0.1, -0.05) is 60.1 Å². The summed E-state index contributed by atoms with van der Waals surface area (Å²) in [5.41, 5.74) is 1.65. The number of nitrogens with one attached hydrogen (secondary N) is 1. The molecule has 2 aromatic rings. The van der Waals surface area contributed by atoms with Crippen molar-refractivity contribution in [3.8, 4) is 0 Å². The van der Waals surface area contributed by atoms with E-state index in [1.54, 1.807) is 12.1 Å². The lowest BCUT2D eigenvalue weighted by molar-refractivity contribution is -0.154. The summed E-state index contributed by atoms with van der Waals surface area (Å²) < 4.78 is 5.49. The highest BCUT2D eigenvalue weighted by Gasteiger charge is 2.30. The van der Waals surface area contributed by atoms with Crippen molar-refractivity contribution in [1.29, 1.82) is 0 Å². The summed E-state index contributed by atoms with van der Waals surface area (Å²) in [4.78, 5) is 24.7. The third-order valence-electron chi connectivity index (χ3n) is 3.95. The van der Waals surface area contributed by atoms with Gasteiger partial charge in [0.2, 0.25) is 6.10 Å². The van der Waals surface area contributed by atoms with Crippen molar-refractivity contribution in [3.63, 3.8) is 0 Å². The average molecular weight is 390 g/mol. The lowest BCUT2D eigenvalue weighted by Crippen LogP contribution is -2.33. The number of hydrogen-bond donors (Lipinski definition) is 1. The van der Waals surface area contributed by atoms with E-state index in [-0.39, 0.29) is 17.7 Å². The van der Waals surface area contributed by atoms with Gasteiger partial charge >= 0.3 is 5.97 Å². The van der Waals surface area contributed by atoms with Crippen LogP contribution in [0.5, 0.6) is 0 Å². The summed E-state index contributed by atoms with van der Waals surface area (Å²) >= 11 is 7.53. The first-order valence-corrected chi connectivity index (χ1v) is 10.0. The molecule has 1 aliphatic carbocycles. The summed E-state index contributed by atoms with van der Waals surface area (Å²) in [6.07, 6.45) is 1.05. The molecular weight excluding hydrogens is 370 g/mol. The number of carbonyl (C=O) groups excluding carboxylic acids is 2. The number of thioether (sulfide) groups is 1. The van der Waals surface area contributed by atoms with Gasteiger partial charge in [-0.2, -0.15) is 0 Å². The van der Waals surface area contributed by atoms with Gasteiger partial charge in [0.1, 0.15) is 0 Å². The van der Waals surface area contributed by atoms with Crippen LogP contribution < -0.4 is 5.32 Å². The van der Waals surface area contributed by atoms with Crippen LogP contribution in [-0.2, 0) is 20.1 Å². The van der Waals surface area contributed by atoms with E-state index in [0.29, 0.717) is 16.3 Å². The van der Waals surface area contributed by atoms with E-state index in [9.17, 15) is 9.59 Å². The van der Waals surface area contributed by atoms with Gasteiger partial charge in [0.15, 0.2) is 0 Å². The zero-order valence-corrected chi connectivity index (χ0v) is 15.8. The van der Waals surface area contributed by atoms with Crippen molar-refractivity contribution in [2.45, 2.75) is 30.7 Å². The first-order chi connectivity index (χ1) is 12.6. The van der Waals surface area contributed by atoms with Gasteiger partial charge in [-0.25, -0.2) is 0 Å². The summed E-state index contributed by atoms with van der Waals surface area (Å²) in [5.74, 6) is 0.0922. The zero-order valence-electron chi connectivity index (χ0n) is 14.2. The van der Waals surface area contributed by atoms with E-state index in [2.05, 4.69) is 5.32 Å². The molecule has 1 saturated carbocycles. The summed E-state index contributed by atoms with van der Waals surface area (Å²) in [5, 5.41) is 3.59. The first kappa shape index (κ1) is 18.8. The van der Waals surface area contributed by atoms with Gasteiger partial charge in [0.05, 0.1) is 5.75 Å². The fourth-order valence-electron chi connectivity index (χ4n) is 2.43.